The summed E-state index contributed by atoms with van der Waals surface area (Å²) in [5.41, 5.74) is 1.41. The number of phenols is 1. The van der Waals surface area contributed by atoms with Gasteiger partial charge in [-0.2, -0.15) is 0 Å². The summed E-state index contributed by atoms with van der Waals surface area (Å²) < 4.78 is 0. The second kappa shape index (κ2) is 6.67. The molecule has 1 amide bonds. The first-order valence-electron chi connectivity index (χ1n) is 9.68. The van der Waals surface area contributed by atoms with Gasteiger partial charge in [0, 0.05) is 16.2 Å². The Morgan fingerprint density at radius 1 is 0.900 bits per heavy atom. The van der Waals surface area contributed by atoms with Gasteiger partial charge < -0.3 is 10.4 Å². The van der Waals surface area contributed by atoms with Crippen molar-refractivity contribution < 1.29 is 14.8 Å². The highest BCUT2D eigenvalue weighted by molar-refractivity contribution is 6.07. The lowest BCUT2D eigenvalue weighted by Crippen LogP contribution is -2.48. The second-order valence-corrected chi connectivity index (χ2v) is 7.69. The van der Waals surface area contributed by atoms with Crippen molar-refractivity contribution in [3.63, 3.8) is 0 Å². The summed E-state index contributed by atoms with van der Waals surface area (Å²) in [6, 6.07) is 21.0. The zero-order valence-electron chi connectivity index (χ0n) is 15.9. The quantitative estimate of drug-likeness (QED) is 0.461. The SMILES string of the molecule is O=C1Nc2ccccc2C12NC(c1ccccc1)C([N+](=O)[O-])C2c1ccc(O)cc1. The third kappa shape index (κ3) is 2.52. The highest BCUT2D eigenvalue weighted by Gasteiger charge is 2.66. The van der Waals surface area contributed by atoms with E-state index in [2.05, 4.69) is 10.6 Å². The van der Waals surface area contributed by atoms with Crippen LogP contribution in [-0.4, -0.2) is 22.0 Å². The van der Waals surface area contributed by atoms with Crippen LogP contribution in [0.3, 0.4) is 0 Å². The standard InChI is InChI=1S/C23H19N3O4/c27-16-12-10-14(11-13-16)19-21(26(29)30)20(15-6-2-1-3-7-15)25-23(19)17-8-4-5-9-18(17)24-22(23)28/h1-13,19-21,25,27H,(H,24,28). The molecule has 1 fully saturated rings. The number of anilines is 1. The highest BCUT2D eigenvalue weighted by atomic mass is 16.6. The van der Waals surface area contributed by atoms with E-state index in [4.69, 9.17) is 0 Å². The molecule has 0 radical (unpaired) electrons. The van der Waals surface area contributed by atoms with Crippen LogP contribution in [0.5, 0.6) is 5.75 Å². The third-order valence-electron chi connectivity index (χ3n) is 6.15. The number of phenolic OH excluding ortho intramolecular Hbond substituents is 1. The average Bonchev–Trinajstić information content (AvgIpc) is 3.26. The molecule has 1 spiro atoms. The van der Waals surface area contributed by atoms with E-state index in [1.807, 2.05) is 48.5 Å². The molecular weight excluding hydrogens is 382 g/mol. The average molecular weight is 401 g/mol. The van der Waals surface area contributed by atoms with Crippen molar-refractivity contribution >= 4 is 11.6 Å². The fraction of sp³-hybridized carbons (Fsp3) is 0.174. The maximum atomic E-state index is 13.4. The molecule has 3 aromatic rings. The normalized spacial score (nSPS) is 27.1. The van der Waals surface area contributed by atoms with Gasteiger partial charge in [0.05, 0.1) is 5.92 Å². The fourth-order valence-electron chi connectivity index (χ4n) is 4.91. The van der Waals surface area contributed by atoms with Gasteiger partial charge in [-0.3, -0.25) is 20.2 Å². The Morgan fingerprint density at radius 3 is 2.27 bits per heavy atom. The summed E-state index contributed by atoms with van der Waals surface area (Å²) in [6.45, 7) is 0. The molecule has 0 bridgehead atoms. The molecule has 7 heteroatoms. The predicted octanol–water partition coefficient (Wildman–Crippen LogP) is 3.31. The van der Waals surface area contributed by atoms with Crippen molar-refractivity contribution in [2.75, 3.05) is 5.32 Å². The fourth-order valence-corrected chi connectivity index (χ4v) is 4.91. The number of nitro groups is 1. The molecule has 0 saturated carbocycles. The van der Waals surface area contributed by atoms with Gasteiger partial charge in [-0.05, 0) is 29.3 Å². The van der Waals surface area contributed by atoms with E-state index in [1.54, 1.807) is 18.2 Å². The Bertz CT molecular complexity index is 1130. The highest BCUT2D eigenvalue weighted by Crippen LogP contribution is 2.55. The van der Waals surface area contributed by atoms with Gasteiger partial charge in [0.2, 0.25) is 11.9 Å². The van der Waals surface area contributed by atoms with E-state index in [1.165, 1.54) is 12.1 Å². The number of carbonyl (C=O) groups is 1. The third-order valence-corrected chi connectivity index (χ3v) is 6.15. The maximum Gasteiger partial charge on any atom is 0.250 e. The van der Waals surface area contributed by atoms with Crippen molar-refractivity contribution in [2.24, 2.45) is 0 Å². The Hall–Kier alpha value is -3.71. The molecule has 0 aromatic heterocycles. The molecule has 4 atom stereocenters. The van der Waals surface area contributed by atoms with Crippen LogP contribution in [0, 0.1) is 10.1 Å². The van der Waals surface area contributed by atoms with Crippen LogP contribution in [0.15, 0.2) is 78.9 Å². The van der Waals surface area contributed by atoms with Gasteiger partial charge in [0.25, 0.3) is 0 Å². The number of benzene rings is 3. The Labute approximate surface area is 172 Å². The monoisotopic (exact) mass is 401 g/mol. The number of hydrogen-bond donors (Lipinski definition) is 3. The summed E-state index contributed by atoms with van der Waals surface area (Å²) in [6.07, 6.45) is 0. The number of fused-ring (bicyclic) bond motifs is 2. The van der Waals surface area contributed by atoms with Gasteiger partial charge in [-0.25, -0.2) is 0 Å². The van der Waals surface area contributed by atoms with Crippen molar-refractivity contribution in [3.05, 3.63) is 106 Å². The number of hydrogen-bond acceptors (Lipinski definition) is 5. The minimum Gasteiger partial charge on any atom is -0.508 e. The topological polar surface area (TPSA) is 104 Å². The molecule has 2 aliphatic rings. The lowest BCUT2D eigenvalue weighted by molar-refractivity contribution is -0.527. The number of nitrogens with zero attached hydrogens (tertiary/aromatic N) is 1. The van der Waals surface area contributed by atoms with Crippen molar-refractivity contribution in [1.82, 2.24) is 5.32 Å². The number of aromatic hydroxyl groups is 1. The van der Waals surface area contributed by atoms with Gasteiger partial charge in [0.15, 0.2) is 0 Å². The van der Waals surface area contributed by atoms with Gasteiger partial charge in [-0.15, -0.1) is 0 Å². The van der Waals surface area contributed by atoms with E-state index < -0.39 is 23.5 Å². The predicted molar refractivity (Wildman–Crippen MR) is 111 cm³/mol. The minimum atomic E-state index is -1.30. The van der Waals surface area contributed by atoms with Crippen molar-refractivity contribution in [2.45, 2.75) is 23.5 Å². The van der Waals surface area contributed by atoms with Crippen molar-refractivity contribution in [3.8, 4) is 5.75 Å². The molecule has 4 unspecified atom stereocenters. The van der Waals surface area contributed by atoms with E-state index in [9.17, 15) is 20.0 Å². The Balaban J connectivity index is 1.77. The molecule has 3 aromatic carbocycles. The lowest BCUT2D eigenvalue weighted by Gasteiger charge is -2.29. The number of para-hydroxylation sites is 1. The largest absolute Gasteiger partial charge is 0.508 e. The zero-order chi connectivity index (χ0) is 20.9. The van der Waals surface area contributed by atoms with Crippen LogP contribution in [0.4, 0.5) is 5.69 Å². The molecule has 1 saturated heterocycles. The van der Waals surface area contributed by atoms with Crippen LogP contribution in [0.1, 0.15) is 28.7 Å². The van der Waals surface area contributed by atoms with Crippen LogP contribution >= 0.6 is 0 Å². The molecule has 7 nitrogen and oxygen atoms in total. The van der Waals surface area contributed by atoms with Crippen LogP contribution < -0.4 is 10.6 Å². The summed E-state index contributed by atoms with van der Waals surface area (Å²) in [5.74, 6) is -1.03. The number of carbonyl (C=O) groups excluding carboxylic acids is 1. The van der Waals surface area contributed by atoms with Crippen molar-refractivity contribution in [1.29, 1.82) is 0 Å². The summed E-state index contributed by atoms with van der Waals surface area (Å²) in [7, 11) is 0. The van der Waals surface area contributed by atoms with Crippen LogP contribution in [-0.2, 0) is 10.3 Å². The second-order valence-electron chi connectivity index (χ2n) is 7.69. The van der Waals surface area contributed by atoms with Crippen LogP contribution in [0.25, 0.3) is 0 Å². The lowest BCUT2D eigenvalue weighted by atomic mass is 9.74. The molecule has 150 valence electrons. The van der Waals surface area contributed by atoms with Crippen LogP contribution in [0.2, 0.25) is 0 Å². The molecule has 2 heterocycles. The van der Waals surface area contributed by atoms with E-state index >= 15 is 0 Å². The van der Waals surface area contributed by atoms with E-state index in [0.717, 1.165) is 5.56 Å². The minimum absolute atomic E-state index is 0.0623. The van der Waals surface area contributed by atoms with Gasteiger partial charge in [-0.1, -0.05) is 60.7 Å². The molecule has 5 rings (SSSR count). The zero-order valence-corrected chi connectivity index (χ0v) is 15.9. The molecular formula is C23H19N3O4. The number of nitrogens with one attached hydrogen (secondary N) is 2. The Kier molecular flexibility index (Phi) is 4.08. The summed E-state index contributed by atoms with van der Waals surface area (Å²) in [5, 5.41) is 28.4. The number of rotatable bonds is 3. The molecule has 3 N–H and O–H groups in total. The maximum absolute atomic E-state index is 13.4. The first-order chi connectivity index (χ1) is 14.5. The first kappa shape index (κ1) is 18.3. The first-order valence-corrected chi connectivity index (χ1v) is 9.68. The Morgan fingerprint density at radius 2 is 1.57 bits per heavy atom. The van der Waals surface area contributed by atoms with Gasteiger partial charge in [0.1, 0.15) is 17.3 Å². The molecule has 30 heavy (non-hydrogen) atoms. The van der Waals surface area contributed by atoms with E-state index in [0.29, 0.717) is 16.8 Å². The smallest absolute Gasteiger partial charge is 0.250 e. The summed E-state index contributed by atoms with van der Waals surface area (Å²) in [4.78, 5) is 25.5. The summed E-state index contributed by atoms with van der Waals surface area (Å²) >= 11 is 0. The molecule has 0 aliphatic carbocycles. The molecule has 2 aliphatic heterocycles. The van der Waals surface area contributed by atoms with E-state index in [-0.39, 0.29) is 16.6 Å². The number of amides is 1. The van der Waals surface area contributed by atoms with Gasteiger partial charge >= 0.3 is 0 Å².